The van der Waals surface area contributed by atoms with E-state index in [1.165, 1.54) is 12.3 Å². The van der Waals surface area contributed by atoms with E-state index < -0.39 is 10.0 Å². The van der Waals surface area contributed by atoms with Gasteiger partial charge in [-0.1, -0.05) is 0 Å². The number of benzene rings is 1. The van der Waals surface area contributed by atoms with Crippen LogP contribution in [0, 0.1) is 11.3 Å². The number of aromatic amines is 1. The van der Waals surface area contributed by atoms with Gasteiger partial charge in [-0.3, -0.25) is 9.82 Å². The van der Waals surface area contributed by atoms with Crippen molar-refractivity contribution in [1.82, 2.24) is 10.2 Å². The molecule has 0 spiro atoms. The predicted molar refractivity (Wildman–Crippen MR) is 66.9 cm³/mol. The van der Waals surface area contributed by atoms with Gasteiger partial charge < -0.3 is 4.74 Å². The molecule has 1 heterocycles. The summed E-state index contributed by atoms with van der Waals surface area (Å²) in [6, 6.07) is 9.42. The fourth-order valence-corrected chi connectivity index (χ4v) is 2.31. The van der Waals surface area contributed by atoms with Crippen molar-refractivity contribution < 1.29 is 13.2 Å². The lowest BCUT2D eigenvalue weighted by Crippen LogP contribution is -2.13. The number of nitriles is 1. The van der Waals surface area contributed by atoms with Crippen molar-refractivity contribution in [3.05, 3.63) is 36.5 Å². The SMILES string of the molecule is N#CCOc1ccc(NS(=O)(=O)c2ccn[nH]2)cc1. The zero-order valence-corrected chi connectivity index (χ0v) is 10.5. The van der Waals surface area contributed by atoms with E-state index in [0.29, 0.717) is 11.4 Å². The van der Waals surface area contributed by atoms with Crippen LogP contribution in [0.3, 0.4) is 0 Å². The molecule has 0 radical (unpaired) electrons. The Bertz CT molecular complexity index is 672. The third-order valence-electron chi connectivity index (χ3n) is 2.17. The van der Waals surface area contributed by atoms with Crippen LogP contribution in [0.5, 0.6) is 5.75 Å². The minimum atomic E-state index is -3.66. The van der Waals surface area contributed by atoms with Gasteiger partial charge >= 0.3 is 0 Å². The average Bonchev–Trinajstić information content (AvgIpc) is 2.92. The molecular formula is C11H10N4O3S. The standard InChI is InChI=1S/C11H10N4O3S/c12-6-8-18-10-3-1-9(2-4-10)15-19(16,17)11-5-7-13-14-11/h1-5,7,15H,8H2,(H,13,14). The number of hydrogen-bond donors (Lipinski definition) is 2. The molecule has 8 heteroatoms. The van der Waals surface area contributed by atoms with Crippen LogP contribution in [-0.2, 0) is 10.0 Å². The first kappa shape index (κ1) is 12.9. The Hall–Kier alpha value is -2.53. The zero-order chi connectivity index (χ0) is 13.7. The van der Waals surface area contributed by atoms with E-state index >= 15 is 0 Å². The molecular weight excluding hydrogens is 268 g/mol. The lowest BCUT2D eigenvalue weighted by atomic mass is 10.3. The fraction of sp³-hybridized carbons (Fsp3) is 0.0909. The Kier molecular flexibility index (Phi) is 3.68. The molecule has 0 bridgehead atoms. The molecule has 0 aliphatic rings. The van der Waals surface area contributed by atoms with Gasteiger partial charge in [0.2, 0.25) is 0 Å². The smallest absolute Gasteiger partial charge is 0.278 e. The molecule has 0 atom stereocenters. The molecule has 2 aromatic rings. The summed E-state index contributed by atoms with van der Waals surface area (Å²) >= 11 is 0. The van der Waals surface area contributed by atoms with Crippen molar-refractivity contribution in [2.24, 2.45) is 0 Å². The van der Waals surface area contributed by atoms with E-state index in [1.807, 2.05) is 6.07 Å². The monoisotopic (exact) mass is 278 g/mol. The van der Waals surface area contributed by atoms with Crippen molar-refractivity contribution in [2.45, 2.75) is 5.03 Å². The summed E-state index contributed by atoms with van der Waals surface area (Å²) < 4.78 is 31.2. The Balaban J connectivity index is 2.10. The highest BCUT2D eigenvalue weighted by Crippen LogP contribution is 2.18. The van der Waals surface area contributed by atoms with Gasteiger partial charge in [-0.25, -0.2) is 0 Å². The van der Waals surface area contributed by atoms with Crippen LogP contribution in [0.25, 0.3) is 0 Å². The van der Waals surface area contributed by atoms with E-state index in [2.05, 4.69) is 14.9 Å². The number of hydrogen-bond acceptors (Lipinski definition) is 5. The number of nitrogens with one attached hydrogen (secondary N) is 2. The minimum Gasteiger partial charge on any atom is -0.479 e. The van der Waals surface area contributed by atoms with Gasteiger partial charge in [0, 0.05) is 5.69 Å². The Morgan fingerprint density at radius 3 is 2.63 bits per heavy atom. The number of anilines is 1. The molecule has 0 aliphatic heterocycles. The Labute approximate surface area is 109 Å². The zero-order valence-electron chi connectivity index (χ0n) is 9.70. The van der Waals surface area contributed by atoms with Crippen molar-refractivity contribution in [3.63, 3.8) is 0 Å². The quantitative estimate of drug-likeness (QED) is 0.851. The number of aromatic nitrogens is 2. The topological polar surface area (TPSA) is 108 Å². The lowest BCUT2D eigenvalue weighted by molar-refractivity contribution is 0.368. The summed E-state index contributed by atoms with van der Waals surface area (Å²) in [5.74, 6) is 0.492. The maximum atomic E-state index is 11.9. The number of H-pyrrole nitrogens is 1. The Morgan fingerprint density at radius 2 is 2.05 bits per heavy atom. The number of sulfonamides is 1. The molecule has 1 aromatic heterocycles. The van der Waals surface area contributed by atoms with E-state index in [4.69, 9.17) is 10.00 Å². The van der Waals surface area contributed by atoms with Gasteiger partial charge in [0.1, 0.15) is 11.8 Å². The highest BCUT2D eigenvalue weighted by molar-refractivity contribution is 7.92. The molecule has 0 saturated heterocycles. The fourth-order valence-electron chi connectivity index (χ4n) is 1.34. The largest absolute Gasteiger partial charge is 0.479 e. The van der Waals surface area contributed by atoms with Crippen LogP contribution in [0.2, 0.25) is 0 Å². The highest BCUT2D eigenvalue weighted by atomic mass is 32.2. The molecule has 0 saturated carbocycles. The molecule has 1 aromatic carbocycles. The summed E-state index contributed by atoms with van der Waals surface area (Å²) in [5, 5.41) is 14.3. The van der Waals surface area contributed by atoms with Gasteiger partial charge in [0.25, 0.3) is 10.0 Å². The molecule has 0 amide bonds. The van der Waals surface area contributed by atoms with Crippen LogP contribution in [-0.4, -0.2) is 25.2 Å². The molecule has 19 heavy (non-hydrogen) atoms. The lowest BCUT2D eigenvalue weighted by Gasteiger charge is -2.07. The first-order chi connectivity index (χ1) is 9.12. The summed E-state index contributed by atoms with van der Waals surface area (Å²) in [4.78, 5) is 0. The number of rotatable bonds is 5. The number of nitrogens with zero attached hydrogens (tertiary/aromatic N) is 2. The third-order valence-corrected chi connectivity index (χ3v) is 3.49. The van der Waals surface area contributed by atoms with Crippen molar-refractivity contribution in [1.29, 1.82) is 5.26 Å². The van der Waals surface area contributed by atoms with Crippen LogP contribution in [0.15, 0.2) is 41.6 Å². The summed E-state index contributed by atoms with van der Waals surface area (Å²) in [5.41, 5.74) is 0.388. The second kappa shape index (κ2) is 5.41. The van der Waals surface area contributed by atoms with Gasteiger partial charge in [0.05, 0.1) is 6.20 Å². The van der Waals surface area contributed by atoms with E-state index in [1.54, 1.807) is 24.3 Å². The molecule has 2 N–H and O–H groups in total. The molecule has 7 nitrogen and oxygen atoms in total. The van der Waals surface area contributed by atoms with Crippen molar-refractivity contribution in [3.8, 4) is 11.8 Å². The first-order valence-corrected chi connectivity index (χ1v) is 6.72. The van der Waals surface area contributed by atoms with Crippen molar-refractivity contribution in [2.75, 3.05) is 11.3 Å². The second-order valence-corrected chi connectivity index (χ2v) is 5.15. The van der Waals surface area contributed by atoms with Crippen LogP contribution in [0.1, 0.15) is 0 Å². The second-order valence-electron chi connectivity index (χ2n) is 3.50. The summed E-state index contributed by atoms with van der Waals surface area (Å²) in [7, 11) is -3.66. The molecule has 0 unspecified atom stereocenters. The highest BCUT2D eigenvalue weighted by Gasteiger charge is 2.15. The number of ether oxygens (including phenoxy) is 1. The van der Waals surface area contributed by atoms with Gasteiger partial charge in [-0.2, -0.15) is 18.8 Å². The molecule has 2 rings (SSSR count). The summed E-state index contributed by atoms with van der Waals surface area (Å²) in [6.45, 7) is -0.0563. The first-order valence-electron chi connectivity index (χ1n) is 5.24. The van der Waals surface area contributed by atoms with Crippen LogP contribution in [0.4, 0.5) is 5.69 Å². The predicted octanol–water partition coefficient (Wildman–Crippen LogP) is 1.11. The normalized spacial score (nSPS) is 10.7. The van der Waals surface area contributed by atoms with E-state index in [0.717, 1.165) is 0 Å². The van der Waals surface area contributed by atoms with Gasteiger partial charge in [-0.05, 0) is 30.3 Å². The Morgan fingerprint density at radius 1 is 1.32 bits per heavy atom. The maximum Gasteiger partial charge on any atom is 0.278 e. The molecule has 98 valence electrons. The van der Waals surface area contributed by atoms with Crippen LogP contribution < -0.4 is 9.46 Å². The minimum absolute atomic E-state index is 0.0164. The maximum absolute atomic E-state index is 11.9. The molecule has 0 aliphatic carbocycles. The average molecular weight is 278 g/mol. The third kappa shape index (κ3) is 3.23. The van der Waals surface area contributed by atoms with E-state index in [9.17, 15) is 8.42 Å². The summed E-state index contributed by atoms with van der Waals surface area (Å²) in [6.07, 6.45) is 1.35. The van der Waals surface area contributed by atoms with Crippen LogP contribution >= 0.6 is 0 Å². The van der Waals surface area contributed by atoms with Gasteiger partial charge in [-0.15, -0.1) is 0 Å². The van der Waals surface area contributed by atoms with E-state index in [-0.39, 0.29) is 11.6 Å². The van der Waals surface area contributed by atoms with Crippen molar-refractivity contribution >= 4 is 15.7 Å². The molecule has 0 fully saturated rings. The van der Waals surface area contributed by atoms with Gasteiger partial charge in [0.15, 0.2) is 11.6 Å².